The number of amides is 1. The zero-order valence-electron chi connectivity index (χ0n) is 16.9. The molecule has 0 bridgehead atoms. The van der Waals surface area contributed by atoms with Crippen LogP contribution in [0.1, 0.15) is 39.2 Å². The van der Waals surface area contributed by atoms with Crippen LogP contribution >= 0.6 is 0 Å². The van der Waals surface area contributed by atoms with Gasteiger partial charge in [-0.3, -0.25) is 4.79 Å². The van der Waals surface area contributed by atoms with E-state index in [2.05, 4.69) is 11.9 Å². The number of hydrogen-bond acceptors (Lipinski definition) is 6. The number of ether oxygens (including phenoxy) is 3. The first-order valence-corrected chi connectivity index (χ1v) is 9.05. The van der Waals surface area contributed by atoms with Crippen LogP contribution in [0.2, 0.25) is 0 Å². The van der Waals surface area contributed by atoms with Gasteiger partial charge in [-0.15, -0.1) is 6.58 Å². The Morgan fingerprint density at radius 1 is 1.14 bits per heavy atom. The molecule has 0 radical (unpaired) electrons. The standard InChI is InChI=1S/C21H29NO6/c1-6-10-16(18(23)26-5)13-17(22-20(25)28-21(2,3)4)19(24)27-14-15-11-8-7-9-12-15/h6-9,11-12,16-17H,1,10,13-14H2,2-5H3,(H,22,25). The summed E-state index contributed by atoms with van der Waals surface area (Å²) in [7, 11) is 1.27. The number of allylic oxidation sites excluding steroid dienone is 1. The number of carbonyl (C=O) groups excluding carboxylic acids is 3. The van der Waals surface area contributed by atoms with E-state index in [-0.39, 0.29) is 13.0 Å². The van der Waals surface area contributed by atoms with Crippen LogP contribution in [0.4, 0.5) is 4.79 Å². The smallest absolute Gasteiger partial charge is 0.408 e. The summed E-state index contributed by atoms with van der Waals surface area (Å²) in [6.07, 6.45) is 1.09. The van der Waals surface area contributed by atoms with Gasteiger partial charge in [0.25, 0.3) is 0 Å². The third-order valence-electron chi connectivity index (χ3n) is 3.71. The molecule has 0 aliphatic carbocycles. The molecule has 154 valence electrons. The molecule has 0 aliphatic heterocycles. The summed E-state index contributed by atoms with van der Waals surface area (Å²) in [6.45, 7) is 8.81. The number of carbonyl (C=O) groups is 3. The van der Waals surface area contributed by atoms with Crippen LogP contribution in [0.15, 0.2) is 43.0 Å². The van der Waals surface area contributed by atoms with Crippen molar-refractivity contribution in [1.29, 1.82) is 0 Å². The van der Waals surface area contributed by atoms with Crippen molar-refractivity contribution in [2.75, 3.05) is 7.11 Å². The lowest BCUT2D eigenvalue weighted by Crippen LogP contribution is -2.46. The number of methoxy groups -OCH3 is 1. The van der Waals surface area contributed by atoms with E-state index in [9.17, 15) is 14.4 Å². The SMILES string of the molecule is C=CCC(CC(NC(=O)OC(C)(C)C)C(=O)OCc1ccccc1)C(=O)OC. The summed E-state index contributed by atoms with van der Waals surface area (Å²) in [5.74, 6) is -1.80. The van der Waals surface area contributed by atoms with Crippen molar-refractivity contribution in [3.63, 3.8) is 0 Å². The predicted octanol–water partition coefficient (Wildman–Crippen LogP) is 3.38. The minimum absolute atomic E-state index is 0.00552. The molecule has 0 aliphatic rings. The van der Waals surface area contributed by atoms with E-state index in [1.165, 1.54) is 7.11 Å². The van der Waals surface area contributed by atoms with Gasteiger partial charge in [0.2, 0.25) is 0 Å². The molecule has 1 amide bonds. The molecule has 0 saturated heterocycles. The van der Waals surface area contributed by atoms with Crippen LogP contribution in [0.25, 0.3) is 0 Å². The highest BCUT2D eigenvalue weighted by molar-refractivity contribution is 5.82. The number of esters is 2. The van der Waals surface area contributed by atoms with Crippen molar-refractivity contribution in [3.05, 3.63) is 48.6 Å². The van der Waals surface area contributed by atoms with Gasteiger partial charge in [-0.05, 0) is 39.2 Å². The zero-order valence-corrected chi connectivity index (χ0v) is 16.9. The summed E-state index contributed by atoms with van der Waals surface area (Å²) in [4.78, 5) is 36.7. The molecular formula is C21H29NO6. The average molecular weight is 391 g/mol. The molecule has 0 aromatic heterocycles. The lowest BCUT2D eigenvalue weighted by Gasteiger charge is -2.24. The van der Waals surface area contributed by atoms with Crippen molar-refractivity contribution in [3.8, 4) is 0 Å². The number of rotatable bonds is 9. The molecule has 0 spiro atoms. The number of nitrogens with one attached hydrogen (secondary N) is 1. The van der Waals surface area contributed by atoms with Gasteiger partial charge < -0.3 is 19.5 Å². The Morgan fingerprint density at radius 2 is 1.79 bits per heavy atom. The van der Waals surface area contributed by atoms with Gasteiger partial charge in [0.15, 0.2) is 0 Å². The number of alkyl carbamates (subject to hydrolysis) is 1. The van der Waals surface area contributed by atoms with Crippen LogP contribution < -0.4 is 5.32 Å². The van der Waals surface area contributed by atoms with Gasteiger partial charge in [0.1, 0.15) is 18.2 Å². The Bertz CT molecular complexity index is 665. The highest BCUT2D eigenvalue weighted by Gasteiger charge is 2.31. The van der Waals surface area contributed by atoms with E-state index in [0.29, 0.717) is 6.42 Å². The average Bonchev–Trinajstić information content (AvgIpc) is 2.63. The second kappa shape index (κ2) is 11.1. The van der Waals surface area contributed by atoms with Gasteiger partial charge in [-0.2, -0.15) is 0 Å². The van der Waals surface area contributed by atoms with Crippen LogP contribution in [0, 0.1) is 5.92 Å². The number of hydrogen-bond donors (Lipinski definition) is 1. The minimum atomic E-state index is -1.07. The lowest BCUT2D eigenvalue weighted by atomic mass is 9.96. The van der Waals surface area contributed by atoms with Crippen LogP contribution in [0.5, 0.6) is 0 Å². The molecule has 7 nitrogen and oxygen atoms in total. The fourth-order valence-electron chi connectivity index (χ4n) is 2.43. The summed E-state index contributed by atoms with van der Waals surface area (Å²) in [6, 6.07) is 8.09. The predicted molar refractivity (Wildman–Crippen MR) is 104 cm³/mol. The summed E-state index contributed by atoms with van der Waals surface area (Å²) in [5, 5.41) is 2.50. The minimum Gasteiger partial charge on any atom is -0.469 e. The zero-order chi connectivity index (χ0) is 21.2. The molecule has 0 heterocycles. The molecule has 2 atom stereocenters. The van der Waals surface area contributed by atoms with Crippen LogP contribution in [-0.2, 0) is 30.4 Å². The van der Waals surface area contributed by atoms with Gasteiger partial charge in [0.05, 0.1) is 13.0 Å². The summed E-state index contributed by atoms with van der Waals surface area (Å²) < 4.78 is 15.3. The highest BCUT2D eigenvalue weighted by Crippen LogP contribution is 2.17. The first-order valence-electron chi connectivity index (χ1n) is 9.05. The van der Waals surface area contributed by atoms with Crippen molar-refractivity contribution >= 4 is 18.0 Å². The third-order valence-corrected chi connectivity index (χ3v) is 3.71. The van der Waals surface area contributed by atoms with Crippen LogP contribution in [-0.4, -0.2) is 36.8 Å². The molecule has 28 heavy (non-hydrogen) atoms. The number of benzene rings is 1. The molecule has 0 saturated carbocycles. The largest absolute Gasteiger partial charge is 0.469 e. The maximum atomic E-state index is 12.6. The normalized spacial score (nSPS) is 13.0. The molecule has 1 N–H and O–H groups in total. The molecular weight excluding hydrogens is 362 g/mol. The van der Waals surface area contributed by atoms with E-state index in [1.54, 1.807) is 26.8 Å². The topological polar surface area (TPSA) is 90.9 Å². The monoisotopic (exact) mass is 391 g/mol. The van der Waals surface area contributed by atoms with E-state index in [4.69, 9.17) is 14.2 Å². The second-order valence-electron chi connectivity index (χ2n) is 7.27. The van der Waals surface area contributed by atoms with Crippen molar-refractivity contribution in [1.82, 2.24) is 5.32 Å². The van der Waals surface area contributed by atoms with Gasteiger partial charge in [-0.1, -0.05) is 36.4 Å². The molecule has 1 aromatic rings. The lowest BCUT2D eigenvalue weighted by molar-refractivity contribution is -0.150. The molecule has 7 heteroatoms. The Kier molecular flexibility index (Phi) is 9.21. The van der Waals surface area contributed by atoms with Gasteiger partial charge in [0, 0.05) is 0 Å². The van der Waals surface area contributed by atoms with Crippen molar-refractivity contribution in [2.45, 2.75) is 51.9 Å². The van der Waals surface area contributed by atoms with Crippen molar-refractivity contribution < 1.29 is 28.6 Å². The maximum absolute atomic E-state index is 12.6. The molecule has 0 fully saturated rings. The van der Waals surface area contributed by atoms with E-state index in [1.807, 2.05) is 30.3 Å². The van der Waals surface area contributed by atoms with Gasteiger partial charge >= 0.3 is 18.0 Å². The van der Waals surface area contributed by atoms with Crippen LogP contribution in [0.3, 0.4) is 0 Å². The molecule has 2 unspecified atom stereocenters. The Labute approximate surface area is 166 Å². The van der Waals surface area contributed by atoms with Gasteiger partial charge in [-0.25, -0.2) is 9.59 Å². The summed E-state index contributed by atoms with van der Waals surface area (Å²) in [5.41, 5.74) is 0.0771. The first kappa shape index (κ1) is 23.2. The van der Waals surface area contributed by atoms with E-state index < -0.39 is 35.6 Å². The van der Waals surface area contributed by atoms with Crippen molar-refractivity contribution in [2.24, 2.45) is 5.92 Å². The second-order valence-corrected chi connectivity index (χ2v) is 7.27. The fourth-order valence-corrected chi connectivity index (χ4v) is 2.43. The molecule has 1 rings (SSSR count). The Morgan fingerprint density at radius 3 is 2.32 bits per heavy atom. The quantitative estimate of drug-likeness (QED) is 0.394. The van der Waals surface area contributed by atoms with E-state index >= 15 is 0 Å². The van der Waals surface area contributed by atoms with E-state index in [0.717, 1.165) is 5.56 Å². The Balaban J connectivity index is 2.88. The molecule has 1 aromatic carbocycles. The Hall–Kier alpha value is -2.83. The third kappa shape index (κ3) is 8.70. The first-order chi connectivity index (χ1) is 13.2. The maximum Gasteiger partial charge on any atom is 0.408 e. The summed E-state index contributed by atoms with van der Waals surface area (Å²) >= 11 is 0. The fraction of sp³-hybridized carbons (Fsp3) is 0.476. The highest BCUT2D eigenvalue weighted by atomic mass is 16.6.